The fraction of sp³-hybridized carbons (Fsp3) is 0.533. The lowest BCUT2D eigenvalue weighted by atomic mass is 9.96. The number of amides is 1. The van der Waals surface area contributed by atoms with Crippen LogP contribution < -0.4 is 10.5 Å². The number of carbonyl (C=O) groups is 1. The van der Waals surface area contributed by atoms with Gasteiger partial charge in [-0.05, 0) is 30.4 Å². The maximum Gasteiger partial charge on any atom is 0.227 e. The van der Waals surface area contributed by atoms with E-state index in [0.29, 0.717) is 5.92 Å². The van der Waals surface area contributed by atoms with Gasteiger partial charge in [-0.2, -0.15) is 0 Å². The molecule has 0 saturated carbocycles. The maximum atomic E-state index is 11.9. The Hall–Kier alpha value is -1.11. The molecule has 1 rings (SSSR count). The molecular formula is C15H25ClN2O3S. The van der Waals surface area contributed by atoms with E-state index in [0.717, 1.165) is 12.0 Å². The smallest absolute Gasteiger partial charge is 0.227 e. The molecule has 1 aromatic rings. The average molecular weight is 349 g/mol. The molecule has 1 aromatic carbocycles. The highest BCUT2D eigenvalue weighted by molar-refractivity contribution is 7.89. The molecule has 0 bridgehead atoms. The number of hydrogen-bond acceptors (Lipinski definition) is 3. The van der Waals surface area contributed by atoms with E-state index < -0.39 is 10.0 Å². The third kappa shape index (κ3) is 7.77. The molecular weight excluding hydrogens is 324 g/mol. The van der Waals surface area contributed by atoms with E-state index in [2.05, 4.69) is 19.2 Å². The molecule has 0 fully saturated rings. The van der Waals surface area contributed by atoms with Crippen molar-refractivity contribution in [3.05, 3.63) is 35.4 Å². The van der Waals surface area contributed by atoms with Gasteiger partial charge in [0.25, 0.3) is 0 Å². The molecule has 0 radical (unpaired) electrons. The van der Waals surface area contributed by atoms with Crippen LogP contribution >= 0.6 is 12.4 Å². The van der Waals surface area contributed by atoms with E-state index in [1.165, 1.54) is 5.56 Å². The highest BCUT2D eigenvalue weighted by Crippen LogP contribution is 2.17. The monoisotopic (exact) mass is 348 g/mol. The molecule has 0 aliphatic carbocycles. The van der Waals surface area contributed by atoms with Crippen LogP contribution in [0.1, 0.15) is 37.8 Å². The van der Waals surface area contributed by atoms with Gasteiger partial charge in [0.1, 0.15) is 0 Å². The number of sulfonamides is 1. The summed E-state index contributed by atoms with van der Waals surface area (Å²) in [7, 11) is -3.54. The molecule has 3 N–H and O–H groups in total. The lowest BCUT2D eigenvalue weighted by Gasteiger charge is -2.13. The van der Waals surface area contributed by atoms with Crippen molar-refractivity contribution in [2.45, 2.75) is 33.1 Å². The molecule has 5 nitrogen and oxygen atoms in total. The lowest BCUT2D eigenvalue weighted by Crippen LogP contribution is -2.33. The van der Waals surface area contributed by atoms with Crippen LogP contribution in [0.4, 0.5) is 0 Å². The predicted octanol–water partition coefficient (Wildman–Crippen LogP) is 1.82. The van der Waals surface area contributed by atoms with Crippen molar-refractivity contribution in [3.63, 3.8) is 0 Å². The Kier molecular flexibility index (Phi) is 8.66. The summed E-state index contributed by atoms with van der Waals surface area (Å²) in [6, 6.07) is 7.95. The van der Waals surface area contributed by atoms with Gasteiger partial charge in [0.2, 0.25) is 15.9 Å². The predicted molar refractivity (Wildman–Crippen MR) is 91.6 cm³/mol. The van der Waals surface area contributed by atoms with Gasteiger partial charge in [-0.3, -0.25) is 4.79 Å². The number of rotatable bonds is 7. The minimum atomic E-state index is -3.54. The molecule has 7 heteroatoms. The Morgan fingerprint density at radius 2 is 1.73 bits per heavy atom. The molecule has 0 heterocycles. The third-order valence-corrected chi connectivity index (χ3v) is 3.98. The standard InChI is InChI=1S/C15H24N2O3S.ClH/c1-11(2)10-13-4-6-14(7-5-13)12(3)15(18)17-8-9-21(16,19)20;/h4-7,11-12H,8-10H2,1-3H3,(H,17,18)(H2,16,19,20);1H/t12-;/m1./s1. The quantitative estimate of drug-likeness (QED) is 0.787. The summed E-state index contributed by atoms with van der Waals surface area (Å²) < 4.78 is 21.6. The molecule has 22 heavy (non-hydrogen) atoms. The van der Waals surface area contributed by atoms with Gasteiger partial charge >= 0.3 is 0 Å². The van der Waals surface area contributed by atoms with Gasteiger partial charge < -0.3 is 5.32 Å². The van der Waals surface area contributed by atoms with Crippen LogP contribution in [-0.2, 0) is 21.2 Å². The summed E-state index contributed by atoms with van der Waals surface area (Å²) in [6.45, 7) is 6.15. The summed E-state index contributed by atoms with van der Waals surface area (Å²) in [5.74, 6) is -0.178. The molecule has 126 valence electrons. The summed E-state index contributed by atoms with van der Waals surface area (Å²) in [5, 5.41) is 7.47. The van der Waals surface area contributed by atoms with Gasteiger partial charge in [-0.25, -0.2) is 13.6 Å². The van der Waals surface area contributed by atoms with E-state index >= 15 is 0 Å². The van der Waals surface area contributed by atoms with E-state index in [1.54, 1.807) is 6.92 Å². The summed E-state index contributed by atoms with van der Waals surface area (Å²) >= 11 is 0. The first-order valence-corrected chi connectivity index (χ1v) is 8.77. The van der Waals surface area contributed by atoms with Gasteiger partial charge in [-0.1, -0.05) is 38.1 Å². The largest absolute Gasteiger partial charge is 0.355 e. The van der Waals surface area contributed by atoms with Crippen LogP contribution in [0.5, 0.6) is 0 Å². The number of nitrogens with one attached hydrogen (secondary N) is 1. The molecule has 0 aliphatic heterocycles. The normalized spacial score (nSPS) is 12.6. The molecule has 0 spiro atoms. The molecule has 0 aromatic heterocycles. The van der Waals surface area contributed by atoms with Crippen molar-refractivity contribution in [2.75, 3.05) is 12.3 Å². The second kappa shape index (κ2) is 9.12. The fourth-order valence-electron chi connectivity index (χ4n) is 2.03. The summed E-state index contributed by atoms with van der Waals surface area (Å²) in [5.41, 5.74) is 2.16. The molecule has 1 atom stereocenters. The van der Waals surface area contributed by atoms with Crippen molar-refractivity contribution in [2.24, 2.45) is 11.1 Å². The van der Waals surface area contributed by atoms with Crippen molar-refractivity contribution in [1.29, 1.82) is 0 Å². The van der Waals surface area contributed by atoms with Crippen molar-refractivity contribution < 1.29 is 13.2 Å². The minimum absolute atomic E-state index is 0. The van der Waals surface area contributed by atoms with E-state index in [9.17, 15) is 13.2 Å². The Balaban J connectivity index is 0.00000441. The van der Waals surface area contributed by atoms with Crippen molar-refractivity contribution in [3.8, 4) is 0 Å². The maximum absolute atomic E-state index is 11.9. The number of nitrogens with two attached hydrogens (primary N) is 1. The van der Waals surface area contributed by atoms with Gasteiger partial charge in [0, 0.05) is 6.54 Å². The van der Waals surface area contributed by atoms with Crippen LogP contribution in [0.15, 0.2) is 24.3 Å². The first-order valence-electron chi connectivity index (χ1n) is 7.06. The Labute approximate surface area is 139 Å². The van der Waals surface area contributed by atoms with Gasteiger partial charge in [0.05, 0.1) is 11.7 Å². The second-order valence-corrected chi connectivity index (χ2v) is 7.45. The Morgan fingerprint density at radius 3 is 2.18 bits per heavy atom. The molecule has 1 amide bonds. The zero-order chi connectivity index (χ0) is 16.0. The highest BCUT2D eigenvalue weighted by Gasteiger charge is 2.15. The first kappa shape index (κ1) is 20.9. The second-order valence-electron chi connectivity index (χ2n) is 5.72. The summed E-state index contributed by atoms with van der Waals surface area (Å²) in [6.07, 6.45) is 1.01. The Bertz CT molecular complexity index is 571. The zero-order valence-corrected chi connectivity index (χ0v) is 14.8. The molecule has 0 saturated heterocycles. The average Bonchev–Trinajstić information content (AvgIpc) is 2.36. The number of benzene rings is 1. The zero-order valence-electron chi connectivity index (χ0n) is 13.2. The highest BCUT2D eigenvalue weighted by atomic mass is 35.5. The van der Waals surface area contributed by atoms with Crippen LogP contribution in [-0.4, -0.2) is 26.6 Å². The molecule has 0 unspecified atom stereocenters. The number of primary sulfonamides is 1. The SMILES string of the molecule is CC(C)Cc1ccc([C@@H](C)C(=O)NCCS(N)(=O)=O)cc1.Cl. The molecule has 0 aliphatic rings. The number of carbonyl (C=O) groups excluding carboxylic acids is 1. The topological polar surface area (TPSA) is 89.3 Å². The minimum Gasteiger partial charge on any atom is -0.355 e. The van der Waals surface area contributed by atoms with Gasteiger partial charge in [0.15, 0.2) is 0 Å². The van der Waals surface area contributed by atoms with Crippen LogP contribution in [0.3, 0.4) is 0 Å². The van der Waals surface area contributed by atoms with Crippen molar-refractivity contribution >= 4 is 28.3 Å². The lowest BCUT2D eigenvalue weighted by molar-refractivity contribution is -0.122. The fourth-order valence-corrected chi connectivity index (χ4v) is 2.42. The van der Waals surface area contributed by atoms with E-state index in [1.807, 2.05) is 24.3 Å². The van der Waals surface area contributed by atoms with Crippen LogP contribution in [0.2, 0.25) is 0 Å². The first-order chi connectivity index (χ1) is 9.69. The number of halogens is 1. The number of hydrogen-bond donors (Lipinski definition) is 2. The third-order valence-electron chi connectivity index (χ3n) is 3.20. The summed E-state index contributed by atoms with van der Waals surface area (Å²) in [4.78, 5) is 11.9. The van der Waals surface area contributed by atoms with Crippen molar-refractivity contribution in [1.82, 2.24) is 5.32 Å². The van der Waals surface area contributed by atoms with Crippen LogP contribution in [0.25, 0.3) is 0 Å². The Morgan fingerprint density at radius 1 is 1.18 bits per heavy atom. The van der Waals surface area contributed by atoms with Crippen LogP contribution in [0, 0.1) is 5.92 Å². The van der Waals surface area contributed by atoms with E-state index in [-0.39, 0.29) is 36.5 Å². The van der Waals surface area contributed by atoms with Gasteiger partial charge in [-0.15, -0.1) is 12.4 Å². The van der Waals surface area contributed by atoms with E-state index in [4.69, 9.17) is 5.14 Å².